The summed E-state index contributed by atoms with van der Waals surface area (Å²) in [6, 6.07) is 7.90. The summed E-state index contributed by atoms with van der Waals surface area (Å²) in [4.78, 5) is 17.9. The predicted octanol–water partition coefficient (Wildman–Crippen LogP) is 2.90. The predicted molar refractivity (Wildman–Crippen MR) is 89.7 cm³/mol. The van der Waals surface area contributed by atoms with Gasteiger partial charge in [-0.05, 0) is 50.6 Å². The molecule has 4 nitrogen and oxygen atoms in total. The van der Waals surface area contributed by atoms with Gasteiger partial charge in [0.25, 0.3) is 0 Å². The van der Waals surface area contributed by atoms with Crippen LogP contribution in [0.2, 0.25) is 0 Å². The summed E-state index contributed by atoms with van der Waals surface area (Å²) in [7, 11) is 0. The number of piperidine rings is 1. The van der Waals surface area contributed by atoms with Crippen LogP contribution in [0.3, 0.4) is 0 Å². The molecule has 1 aromatic carbocycles. The van der Waals surface area contributed by atoms with Crippen molar-refractivity contribution in [2.24, 2.45) is 0 Å². The second kappa shape index (κ2) is 6.25. The summed E-state index contributed by atoms with van der Waals surface area (Å²) in [5, 5.41) is 4.15. The molecule has 0 saturated carbocycles. The molecular weight excluding hydrogens is 274 g/mol. The Morgan fingerprint density at radius 1 is 1.45 bits per heavy atom. The van der Waals surface area contributed by atoms with Gasteiger partial charge in [-0.15, -0.1) is 6.42 Å². The average Bonchev–Trinajstić information content (AvgIpc) is 2.87. The SMILES string of the molecule is C#CCN1CCCC[C@@H]1C(=O)Nc1ccc2[nH]c(C)cc2c1. The zero-order chi connectivity index (χ0) is 15.5. The van der Waals surface area contributed by atoms with Crippen LogP contribution in [0.25, 0.3) is 10.9 Å². The molecule has 4 heteroatoms. The van der Waals surface area contributed by atoms with Crippen molar-refractivity contribution >= 4 is 22.5 Å². The number of aromatic nitrogens is 1. The standard InChI is InChI=1S/C18H21N3O/c1-3-9-21-10-5-4-6-17(21)18(22)20-15-7-8-16-14(12-15)11-13(2)19-16/h1,7-8,11-12,17,19H,4-6,9-10H2,2H3,(H,20,22)/t17-/m1/s1. The van der Waals surface area contributed by atoms with Gasteiger partial charge in [-0.3, -0.25) is 9.69 Å². The molecule has 2 N–H and O–H groups in total. The number of amides is 1. The van der Waals surface area contributed by atoms with E-state index >= 15 is 0 Å². The maximum Gasteiger partial charge on any atom is 0.241 e. The Labute approximate surface area is 130 Å². The van der Waals surface area contributed by atoms with E-state index in [1.807, 2.05) is 25.1 Å². The van der Waals surface area contributed by atoms with Gasteiger partial charge in [0.1, 0.15) is 0 Å². The van der Waals surface area contributed by atoms with Gasteiger partial charge in [0.05, 0.1) is 12.6 Å². The Kier molecular flexibility index (Phi) is 4.17. The molecule has 0 spiro atoms. The van der Waals surface area contributed by atoms with Crippen LogP contribution in [0.15, 0.2) is 24.3 Å². The van der Waals surface area contributed by atoms with Crippen LogP contribution in [0.5, 0.6) is 0 Å². The minimum Gasteiger partial charge on any atom is -0.359 e. The number of H-pyrrole nitrogens is 1. The highest BCUT2D eigenvalue weighted by Crippen LogP contribution is 2.22. The number of anilines is 1. The first-order chi connectivity index (χ1) is 10.7. The van der Waals surface area contributed by atoms with Crippen molar-refractivity contribution < 1.29 is 4.79 Å². The number of terminal acetylenes is 1. The summed E-state index contributed by atoms with van der Waals surface area (Å²) < 4.78 is 0. The van der Waals surface area contributed by atoms with E-state index < -0.39 is 0 Å². The van der Waals surface area contributed by atoms with Crippen molar-refractivity contribution in [3.63, 3.8) is 0 Å². The molecule has 3 rings (SSSR count). The van der Waals surface area contributed by atoms with Crippen LogP contribution in [0.1, 0.15) is 25.0 Å². The van der Waals surface area contributed by atoms with Crippen LogP contribution in [-0.4, -0.2) is 34.9 Å². The Morgan fingerprint density at radius 3 is 3.14 bits per heavy atom. The van der Waals surface area contributed by atoms with E-state index in [-0.39, 0.29) is 11.9 Å². The van der Waals surface area contributed by atoms with Gasteiger partial charge in [0, 0.05) is 22.3 Å². The number of likely N-dealkylation sites (tertiary alicyclic amines) is 1. The Balaban J connectivity index is 1.75. The fraction of sp³-hybridized carbons (Fsp3) is 0.389. The molecule has 2 heterocycles. The first-order valence-electron chi connectivity index (χ1n) is 7.75. The molecule has 1 amide bonds. The van der Waals surface area contributed by atoms with Crippen molar-refractivity contribution in [3.05, 3.63) is 30.0 Å². The van der Waals surface area contributed by atoms with Crippen molar-refractivity contribution in [3.8, 4) is 12.3 Å². The summed E-state index contributed by atoms with van der Waals surface area (Å²) >= 11 is 0. The number of aryl methyl sites for hydroxylation is 1. The number of hydrogen-bond acceptors (Lipinski definition) is 2. The molecule has 1 aromatic heterocycles. The first kappa shape index (κ1) is 14.7. The number of nitrogens with one attached hydrogen (secondary N) is 2. The Bertz CT molecular complexity index is 725. The van der Waals surface area contributed by atoms with E-state index in [4.69, 9.17) is 6.42 Å². The topological polar surface area (TPSA) is 48.1 Å². The van der Waals surface area contributed by atoms with Gasteiger partial charge in [-0.1, -0.05) is 12.3 Å². The number of benzene rings is 1. The molecule has 1 aliphatic rings. The fourth-order valence-corrected chi connectivity index (χ4v) is 3.18. The van der Waals surface area contributed by atoms with E-state index in [0.29, 0.717) is 6.54 Å². The number of nitrogens with zero attached hydrogens (tertiary/aromatic N) is 1. The quantitative estimate of drug-likeness (QED) is 0.855. The minimum absolute atomic E-state index is 0.0431. The smallest absolute Gasteiger partial charge is 0.241 e. The lowest BCUT2D eigenvalue weighted by molar-refractivity contribution is -0.122. The number of hydrogen-bond donors (Lipinski definition) is 2. The third-order valence-electron chi connectivity index (χ3n) is 4.23. The third kappa shape index (κ3) is 3.00. The number of fused-ring (bicyclic) bond motifs is 1. The van der Waals surface area contributed by atoms with Crippen molar-refractivity contribution in [2.75, 3.05) is 18.4 Å². The van der Waals surface area contributed by atoms with Gasteiger partial charge in [-0.2, -0.15) is 0 Å². The van der Waals surface area contributed by atoms with Crippen LogP contribution in [0.4, 0.5) is 5.69 Å². The Hall–Kier alpha value is -2.25. The highest BCUT2D eigenvalue weighted by Gasteiger charge is 2.28. The molecule has 22 heavy (non-hydrogen) atoms. The van der Waals surface area contributed by atoms with Gasteiger partial charge < -0.3 is 10.3 Å². The summed E-state index contributed by atoms with van der Waals surface area (Å²) in [6.07, 6.45) is 8.48. The number of carbonyl (C=O) groups is 1. The molecule has 2 aromatic rings. The molecule has 0 radical (unpaired) electrons. The maximum absolute atomic E-state index is 12.6. The average molecular weight is 295 g/mol. The van der Waals surface area contributed by atoms with Crippen molar-refractivity contribution in [1.29, 1.82) is 0 Å². The van der Waals surface area contributed by atoms with Crippen LogP contribution < -0.4 is 5.32 Å². The minimum atomic E-state index is -0.117. The maximum atomic E-state index is 12.6. The molecule has 1 fully saturated rings. The molecule has 114 valence electrons. The van der Waals surface area contributed by atoms with E-state index in [1.165, 1.54) is 0 Å². The number of rotatable bonds is 3. The van der Waals surface area contributed by atoms with E-state index in [2.05, 4.69) is 27.2 Å². The van der Waals surface area contributed by atoms with Gasteiger partial charge in [-0.25, -0.2) is 0 Å². The van der Waals surface area contributed by atoms with Crippen LogP contribution in [0, 0.1) is 19.3 Å². The molecule has 1 atom stereocenters. The van der Waals surface area contributed by atoms with Crippen molar-refractivity contribution in [2.45, 2.75) is 32.2 Å². The normalized spacial score (nSPS) is 19.0. The number of aromatic amines is 1. The summed E-state index contributed by atoms with van der Waals surface area (Å²) in [6.45, 7) is 3.46. The third-order valence-corrected chi connectivity index (χ3v) is 4.23. The summed E-state index contributed by atoms with van der Waals surface area (Å²) in [5.41, 5.74) is 3.04. The van der Waals surface area contributed by atoms with E-state index in [9.17, 15) is 4.79 Å². The van der Waals surface area contributed by atoms with Gasteiger partial charge >= 0.3 is 0 Å². The van der Waals surface area contributed by atoms with E-state index in [1.54, 1.807) is 0 Å². The van der Waals surface area contributed by atoms with Crippen LogP contribution >= 0.6 is 0 Å². The second-order valence-electron chi connectivity index (χ2n) is 5.93. The lowest BCUT2D eigenvalue weighted by Gasteiger charge is -2.33. The first-order valence-corrected chi connectivity index (χ1v) is 7.75. The monoisotopic (exact) mass is 295 g/mol. The Morgan fingerprint density at radius 2 is 2.32 bits per heavy atom. The second-order valence-corrected chi connectivity index (χ2v) is 5.93. The number of carbonyl (C=O) groups excluding carboxylic acids is 1. The molecular formula is C18H21N3O. The van der Waals surface area contributed by atoms with Gasteiger partial charge in [0.15, 0.2) is 0 Å². The van der Waals surface area contributed by atoms with Crippen LogP contribution in [-0.2, 0) is 4.79 Å². The molecule has 0 aliphatic carbocycles. The zero-order valence-corrected chi connectivity index (χ0v) is 12.9. The highest BCUT2D eigenvalue weighted by molar-refractivity contribution is 5.97. The lowest BCUT2D eigenvalue weighted by atomic mass is 10.0. The van der Waals surface area contributed by atoms with Crippen molar-refractivity contribution in [1.82, 2.24) is 9.88 Å². The largest absolute Gasteiger partial charge is 0.359 e. The zero-order valence-electron chi connectivity index (χ0n) is 12.9. The fourth-order valence-electron chi connectivity index (χ4n) is 3.18. The molecule has 1 saturated heterocycles. The van der Waals surface area contributed by atoms with E-state index in [0.717, 1.165) is 48.1 Å². The molecule has 0 unspecified atom stereocenters. The molecule has 0 bridgehead atoms. The van der Waals surface area contributed by atoms with Gasteiger partial charge in [0.2, 0.25) is 5.91 Å². The summed E-state index contributed by atoms with van der Waals surface area (Å²) in [5.74, 6) is 2.70. The lowest BCUT2D eigenvalue weighted by Crippen LogP contribution is -2.47. The molecule has 1 aliphatic heterocycles. The highest BCUT2D eigenvalue weighted by atomic mass is 16.2.